The standard InChI is InChI=1S/C14H12BrNO3S/c1-8-5-12(20-13(8)14(18)19)16-11(17)7-9-3-2-4-10(15)6-9/h2-6H,7H2,1H3,(H,16,17)(H,18,19). The number of amides is 1. The Hall–Kier alpha value is -1.66. The predicted molar refractivity (Wildman–Crippen MR) is 82.5 cm³/mol. The Kier molecular flexibility index (Phi) is 4.57. The second kappa shape index (κ2) is 6.19. The van der Waals surface area contributed by atoms with E-state index in [4.69, 9.17) is 5.11 Å². The van der Waals surface area contributed by atoms with Crippen molar-refractivity contribution in [1.29, 1.82) is 0 Å². The van der Waals surface area contributed by atoms with E-state index in [9.17, 15) is 9.59 Å². The maximum atomic E-state index is 11.9. The molecule has 1 aromatic carbocycles. The summed E-state index contributed by atoms with van der Waals surface area (Å²) in [5.74, 6) is -1.14. The van der Waals surface area contributed by atoms with Gasteiger partial charge in [-0.05, 0) is 36.2 Å². The minimum Gasteiger partial charge on any atom is -0.477 e. The minimum absolute atomic E-state index is 0.165. The first-order valence-corrected chi connectivity index (χ1v) is 7.44. The van der Waals surface area contributed by atoms with Crippen LogP contribution in [0.1, 0.15) is 20.8 Å². The van der Waals surface area contributed by atoms with Crippen molar-refractivity contribution in [3.63, 3.8) is 0 Å². The summed E-state index contributed by atoms with van der Waals surface area (Å²) in [7, 11) is 0. The summed E-state index contributed by atoms with van der Waals surface area (Å²) in [6.07, 6.45) is 0.249. The Bertz CT molecular complexity index is 666. The second-order valence-corrected chi connectivity index (χ2v) is 6.25. The van der Waals surface area contributed by atoms with Crippen molar-refractivity contribution in [2.24, 2.45) is 0 Å². The molecule has 0 unspecified atom stereocenters. The van der Waals surface area contributed by atoms with Gasteiger partial charge in [0.2, 0.25) is 5.91 Å². The summed E-state index contributed by atoms with van der Waals surface area (Å²) >= 11 is 4.42. The topological polar surface area (TPSA) is 66.4 Å². The predicted octanol–water partition coefficient (Wildman–Crippen LogP) is 3.70. The number of aryl methyl sites for hydroxylation is 1. The van der Waals surface area contributed by atoms with E-state index in [0.29, 0.717) is 10.6 Å². The molecule has 2 N–H and O–H groups in total. The van der Waals surface area contributed by atoms with Crippen LogP contribution in [0.4, 0.5) is 5.00 Å². The number of hydrogen-bond donors (Lipinski definition) is 2. The fourth-order valence-corrected chi connectivity index (χ4v) is 3.14. The lowest BCUT2D eigenvalue weighted by molar-refractivity contribution is -0.115. The van der Waals surface area contributed by atoms with Crippen LogP contribution in [-0.4, -0.2) is 17.0 Å². The van der Waals surface area contributed by atoms with Crippen LogP contribution < -0.4 is 5.32 Å². The number of carbonyl (C=O) groups excluding carboxylic acids is 1. The van der Waals surface area contributed by atoms with E-state index >= 15 is 0 Å². The largest absolute Gasteiger partial charge is 0.477 e. The molecule has 1 heterocycles. The van der Waals surface area contributed by atoms with Crippen molar-refractivity contribution in [2.45, 2.75) is 13.3 Å². The molecule has 104 valence electrons. The van der Waals surface area contributed by atoms with Gasteiger partial charge in [0, 0.05) is 4.47 Å². The molecular weight excluding hydrogens is 342 g/mol. The lowest BCUT2D eigenvalue weighted by Crippen LogP contribution is -2.13. The fraction of sp³-hybridized carbons (Fsp3) is 0.143. The molecule has 0 saturated heterocycles. The van der Waals surface area contributed by atoms with Gasteiger partial charge in [-0.3, -0.25) is 4.79 Å². The van der Waals surface area contributed by atoms with Crippen LogP contribution >= 0.6 is 27.3 Å². The molecule has 0 radical (unpaired) electrons. The summed E-state index contributed by atoms with van der Waals surface area (Å²) in [6, 6.07) is 9.18. The number of carboxylic acids is 1. The highest BCUT2D eigenvalue weighted by Crippen LogP contribution is 2.26. The number of halogens is 1. The number of hydrogen-bond acceptors (Lipinski definition) is 3. The van der Waals surface area contributed by atoms with E-state index in [1.165, 1.54) is 0 Å². The fourth-order valence-electron chi connectivity index (χ4n) is 1.77. The van der Waals surface area contributed by atoms with E-state index in [1.807, 2.05) is 24.3 Å². The van der Waals surface area contributed by atoms with Gasteiger partial charge >= 0.3 is 5.97 Å². The third-order valence-electron chi connectivity index (χ3n) is 2.63. The van der Waals surface area contributed by atoms with Gasteiger partial charge in [-0.2, -0.15) is 0 Å². The van der Waals surface area contributed by atoms with Crippen LogP contribution in [0.25, 0.3) is 0 Å². The van der Waals surface area contributed by atoms with Gasteiger partial charge in [-0.1, -0.05) is 28.1 Å². The van der Waals surface area contributed by atoms with Gasteiger partial charge in [-0.25, -0.2) is 4.79 Å². The molecule has 20 heavy (non-hydrogen) atoms. The van der Waals surface area contributed by atoms with Crippen LogP contribution in [0.3, 0.4) is 0 Å². The zero-order chi connectivity index (χ0) is 14.7. The summed E-state index contributed by atoms with van der Waals surface area (Å²) in [4.78, 5) is 23.1. The molecular formula is C14H12BrNO3S. The second-order valence-electron chi connectivity index (χ2n) is 4.28. The highest BCUT2D eigenvalue weighted by atomic mass is 79.9. The molecule has 2 rings (SSSR count). The van der Waals surface area contributed by atoms with Crippen molar-refractivity contribution in [2.75, 3.05) is 5.32 Å². The molecule has 6 heteroatoms. The number of carboxylic acid groups (broad SMARTS) is 1. The number of benzene rings is 1. The molecule has 1 aromatic heterocycles. The third kappa shape index (κ3) is 3.68. The van der Waals surface area contributed by atoms with Crippen molar-refractivity contribution >= 4 is 44.1 Å². The Labute approximate surface area is 128 Å². The Morgan fingerprint density at radius 3 is 2.70 bits per heavy atom. The normalized spacial score (nSPS) is 10.3. The number of carbonyl (C=O) groups is 2. The van der Waals surface area contributed by atoms with E-state index < -0.39 is 5.97 Å². The summed E-state index contributed by atoms with van der Waals surface area (Å²) < 4.78 is 0.919. The monoisotopic (exact) mass is 353 g/mol. The zero-order valence-electron chi connectivity index (χ0n) is 10.6. The molecule has 0 atom stereocenters. The lowest BCUT2D eigenvalue weighted by Gasteiger charge is -2.03. The van der Waals surface area contributed by atoms with Gasteiger partial charge in [0.1, 0.15) is 4.88 Å². The molecule has 0 fully saturated rings. The first kappa shape index (κ1) is 14.7. The van der Waals surface area contributed by atoms with Crippen LogP contribution in [0.15, 0.2) is 34.8 Å². The van der Waals surface area contributed by atoms with Crippen molar-refractivity contribution < 1.29 is 14.7 Å². The smallest absolute Gasteiger partial charge is 0.346 e. The number of thiophene rings is 1. The molecule has 4 nitrogen and oxygen atoms in total. The van der Waals surface area contributed by atoms with Gasteiger partial charge in [0.05, 0.1) is 11.4 Å². The molecule has 2 aromatic rings. The maximum Gasteiger partial charge on any atom is 0.346 e. The van der Waals surface area contributed by atoms with E-state index in [-0.39, 0.29) is 17.2 Å². The van der Waals surface area contributed by atoms with Gasteiger partial charge in [-0.15, -0.1) is 11.3 Å². The average Bonchev–Trinajstić information content (AvgIpc) is 2.70. The van der Waals surface area contributed by atoms with Gasteiger partial charge in [0.15, 0.2) is 0 Å². The highest BCUT2D eigenvalue weighted by molar-refractivity contribution is 9.10. The SMILES string of the molecule is Cc1cc(NC(=O)Cc2cccc(Br)c2)sc1C(=O)O. The van der Waals surface area contributed by atoms with Crippen LogP contribution in [0.5, 0.6) is 0 Å². The maximum absolute atomic E-state index is 11.9. The van der Waals surface area contributed by atoms with Gasteiger partial charge in [0.25, 0.3) is 0 Å². The number of aromatic carboxylic acids is 1. The first-order valence-electron chi connectivity index (χ1n) is 5.83. The third-order valence-corrected chi connectivity index (χ3v) is 4.26. The Morgan fingerprint density at radius 2 is 2.10 bits per heavy atom. The molecule has 0 bridgehead atoms. The number of rotatable bonds is 4. The molecule has 0 spiro atoms. The molecule has 0 aliphatic carbocycles. The first-order chi connectivity index (χ1) is 9.45. The number of anilines is 1. The highest BCUT2D eigenvalue weighted by Gasteiger charge is 2.13. The summed E-state index contributed by atoms with van der Waals surface area (Å²) in [6.45, 7) is 1.71. The summed E-state index contributed by atoms with van der Waals surface area (Å²) in [5.41, 5.74) is 1.55. The van der Waals surface area contributed by atoms with Crippen molar-refractivity contribution in [3.05, 3.63) is 50.8 Å². The van der Waals surface area contributed by atoms with Gasteiger partial charge < -0.3 is 10.4 Å². The molecule has 0 aliphatic rings. The van der Waals surface area contributed by atoms with E-state index in [1.54, 1.807) is 13.0 Å². The summed E-state index contributed by atoms with van der Waals surface area (Å²) in [5, 5.41) is 12.3. The van der Waals surface area contributed by atoms with Crippen LogP contribution in [0.2, 0.25) is 0 Å². The Morgan fingerprint density at radius 1 is 1.35 bits per heavy atom. The van der Waals surface area contributed by atoms with Crippen molar-refractivity contribution in [1.82, 2.24) is 0 Å². The minimum atomic E-state index is -0.972. The lowest BCUT2D eigenvalue weighted by atomic mass is 10.1. The van der Waals surface area contributed by atoms with Crippen molar-refractivity contribution in [3.8, 4) is 0 Å². The van der Waals surface area contributed by atoms with Crippen LogP contribution in [-0.2, 0) is 11.2 Å². The van der Waals surface area contributed by atoms with E-state index in [2.05, 4.69) is 21.2 Å². The molecule has 0 saturated carbocycles. The Balaban J connectivity index is 2.05. The quantitative estimate of drug-likeness (QED) is 0.880. The van der Waals surface area contributed by atoms with Crippen LogP contribution in [0, 0.1) is 6.92 Å². The zero-order valence-corrected chi connectivity index (χ0v) is 13.0. The van der Waals surface area contributed by atoms with E-state index in [0.717, 1.165) is 21.4 Å². The number of nitrogens with one attached hydrogen (secondary N) is 1. The molecule has 0 aliphatic heterocycles. The average molecular weight is 354 g/mol. The molecule has 1 amide bonds.